The Labute approximate surface area is 109 Å². The number of nitrogens with one attached hydrogen (secondary N) is 1. The van der Waals surface area contributed by atoms with E-state index >= 15 is 0 Å². The van der Waals surface area contributed by atoms with Gasteiger partial charge >= 0.3 is 0 Å². The van der Waals surface area contributed by atoms with E-state index in [4.69, 9.17) is 0 Å². The number of hydrogen-bond donors (Lipinski definition) is 2. The fourth-order valence-corrected chi connectivity index (χ4v) is 1.50. The van der Waals surface area contributed by atoms with Gasteiger partial charge in [0.1, 0.15) is 0 Å². The number of nitro groups is 2. The fraction of sp³-hybridized carbons (Fsp3) is 0.455. The highest BCUT2D eigenvalue weighted by Crippen LogP contribution is 2.24. The van der Waals surface area contributed by atoms with E-state index in [0.717, 1.165) is 6.07 Å². The molecule has 19 heavy (non-hydrogen) atoms. The van der Waals surface area contributed by atoms with Crippen LogP contribution in [0.5, 0.6) is 0 Å². The Morgan fingerprint density at radius 2 is 2.00 bits per heavy atom. The summed E-state index contributed by atoms with van der Waals surface area (Å²) in [6.45, 7) is 2.30. The van der Waals surface area contributed by atoms with E-state index in [2.05, 4.69) is 5.32 Å². The first-order valence-corrected chi connectivity index (χ1v) is 5.76. The second-order valence-corrected chi connectivity index (χ2v) is 4.02. The average molecular weight is 269 g/mol. The first-order valence-electron chi connectivity index (χ1n) is 5.76. The predicted molar refractivity (Wildman–Crippen MR) is 67.8 cm³/mol. The van der Waals surface area contributed by atoms with Crippen molar-refractivity contribution in [3.8, 4) is 0 Å². The SMILES string of the molecule is CCC(O)CNCc1ccc([N+](=O)[O-])cc1[N+](=O)[O-]. The number of benzene rings is 1. The van der Waals surface area contributed by atoms with Crippen LogP contribution < -0.4 is 5.32 Å². The molecule has 0 aromatic heterocycles. The summed E-state index contributed by atoms with van der Waals surface area (Å²) >= 11 is 0. The molecule has 0 bridgehead atoms. The van der Waals surface area contributed by atoms with E-state index in [1.807, 2.05) is 6.92 Å². The molecule has 2 N–H and O–H groups in total. The number of aliphatic hydroxyl groups is 1. The van der Waals surface area contributed by atoms with Crippen molar-refractivity contribution in [2.75, 3.05) is 6.54 Å². The van der Waals surface area contributed by atoms with Crippen LogP contribution in [0.4, 0.5) is 11.4 Å². The van der Waals surface area contributed by atoms with Crippen LogP contribution in [0.25, 0.3) is 0 Å². The van der Waals surface area contributed by atoms with E-state index in [9.17, 15) is 25.3 Å². The number of aliphatic hydroxyl groups excluding tert-OH is 1. The molecule has 104 valence electrons. The molecule has 1 atom stereocenters. The van der Waals surface area contributed by atoms with Gasteiger partial charge in [-0.25, -0.2) is 0 Å². The molecule has 0 heterocycles. The van der Waals surface area contributed by atoms with Crippen LogP contribution in [0, 0.1) is 20.2 Å². The van der Waals surface area contributed by atoms with Crippen molar-refractivity contribution in [2.24, 2.45) is 0 Å². The highest BCUT2D eigenvalue weighted by Gasteiger charge is 2.18. The summed E-state index contributed by atoms with van der Waals surface area (Å²) in [6.07, 6.45) is 0.0622. The largest absolute Gasteiger partial charge is 0.392 e. The summed E-state index contributed by atoms with van der Waals surface area (Å²) in [7, 11) is 0. The maximum absolute atomic E-state index is 10.9. The summed E-state index contributed by atoms with van der Waals surface area (Å²) < 4.78 is 0. The number of nitrogens with zero attached hydrogens (tertiary/aromatic N) is 2. The van der Waals surface area contributed by atoms with Crippen LogP contribution in [-0.4, -0.2) is 27.6 Å². The van der Waals surface area contributed by atoms with Gasteiger partial charge < -0.3 is 10.4 Å². The number of nitro benzene ring substituents is 2. The van der Waals surface area contributed by atoms with Crippen molar-refractivity contribution >= 4 is 11.4 Å². The molecule has 0 aliphatic rings. The molecule has 0 spiro atoms. The maximum Gasteiger partial charge on any atom is 0.280 e. The smallest absolute Gasteiger partial charge is 0.280 e. The monoisotopic (exact) mass is 269 g/mol. The van der Waals surface area contributed by atoms with Crippen LogP contribution in [0.1, 0.15) is 18.9 Å². The summed E-state index contributed by atoms with van der Waals surface area (Å²) in [5.74, 6) is 0. The van der Waals surface area contributed by atoms with Crippen LogP contribution in [0.15, 0.2) is 18.2 Å². The summed E-state index contributed by atoms with van der Waals surface area (Å²) in [5, 5.41) is 33.6. The molecule has 0 radical (unpaired) electrons. The molecule has 0 aliphatic heterocycles. The summed E-state index contributed by atoms with van der Waals surface area (Å²) in [6, 6.07) is 3.51. The lowest BCUT2D eigenvalue weighted by Gasteiger charge is -2.09. The van der Waals surface area contributed by atoms with E-state index in [1.165, 1.54) is 12.1 Å². The van der Waals surface area contributed by atoms with Crippen molar-refractivity contribution in [3.05, 3.63) is 44.0 Å². The van der Waals surface area contributed by atoms with Gasteiger partial charge in [-0.15, -0.1) is 0 Å². The molecule has 8 nitrogen and oxygen atoms in total. The fourth-order valence-electron chi connectivity index (χ4n) is 1.50. The molecule has 1 aromatic carbocycles. The Balaban J connectivity index is 2.82. The van der Waals surface area contributed by atoms with Gasteiger partial charge in [0, 0.05) is 24.7 Å². The van der Waals surface area contributed by atoms with Gasteiger partial charge in [0.05, 0.1) is 22.0 Å². The first kappa shape index (κ1) is 15.0. The lowest BCUT2D eigenvalue weighted by Crippen LogP contribution is -2.26. The molecule has 0 amide bonds. The zero-order valence-electron chi connectivity index (χ0n) is 10.4. The number of rotatable bonds is 7. The standard InChI is InChI=1S/C11H15N3O5/c1-2-10(15)7-12-6-8-3-4-9(13(16)17)5-11(8)14(18)19/h3-5,10,12,15H,2,6-7H2,1H3. The molecular weight excluding hydrogens is 254 g/mol. The van der Waals surface area contributed by atoms with E-state index in [1.54, 1.807) is 0 Å². The van der Waals surface area contributed by atoms with Crippen LogP contribution >= 0.6 is 0 Å². The topological polar surface area (TPSA) is 119 Å². The van der Waals surface area contributed by atoms with Gasteiger partial charge in [-0.2, -0.15) is 0 Å². The molecule has 0 saturated heterocycles. The number of non-ortho nitro benzene ring substituents is 1. The Morgan fingerprint density at radius 1 is 1.32 bits per heavy atom. The Morgan fingerprint density at radius 3 is 2.53 bits per heavy atom. The molecular formula is C11H15N3O5. The molecule has 0 fully saturated rings. The average Bonchev–Trinajstić information content (AvgIpc) is 2.38. The second-order valence-electron chi connectivity index (χ2n) is 4.02. The molecule has 1 aromatic rings. The van der Waals surface area contributed by atoms with E-state index in [0.29, 0.717) is 18.5 Å². The molecule has 8 heteroatoms. The Hall–Kier alpha value is -2.06. The predicted octanol–water partition coefficient (Wildman–Crippen LogP) is 1.36. The molecule has 0 aliphatic carbocycles. The molecule has 1 unspecified atom stereocenters. The normalized spacial score (nSPS) is 12.1. The first-order chi connectivity index (χ1) is 8.95. The number of hydrogen-bond acceptors (Lipinski definition) is 6. The Bertz CT molecular complexity index is 477. The van der Waals surface area contributed by atoms with Gasteiger partial charge in [0.2, 0.25) is 0 Å². The minimum Gasteiger partial charge on any atom is -0.392 e. The van der Waals surface area contributed by atoms with Gasteiger partial charge in [-0.05, 0) is 12.5 Å². The van der Waals surface area contributed by atoms with Crippen molar-refractivity contribution in [2.45, 2.75) is 26.0 Å². The van der Waals surface area contributed by atoms with E-state index < -0.39 is 16.0 Å². The van der Waals surface area contributed by atoms with E-state index in [-0.39, 0.29) is 17.9 Å². The zero-order chi connectivity index (χ0) is 14.4. The zero-order valence-corrected chi connectivity index (χ0v) is 10.4. The summed E-state index contributed by atoms with van der Waals surface area (Å²) in [4.78, 5) is 20.1. The van der Waals surface area contributed by atoms with Gasteiger partial charge in [0.15, 0.2) is 0 Å². The van der Waals surface area contributed by atoms with Crippen LogP contribution in [0.2, 0.25) is 0 Å². The van der Waals surface area contributed by atoms with Crippen molar-refractivity contribution < 1.29 is 15.0 Å². The molecule has 1 rings (SSSR count). The van der Waals surface area contributed by atoms with Gasteiger partial charge in [0.25, 0.3) is 11.4 Å². The van der Waals surface area contributed by atoms with Crippen LogP contribution in [0.3, 0.4) is 0 Å². The van der Waals surface area contributed by atoms with Crippen molar-refractivity contribution in [1.82, 2.24) is 5.32 Å². The third-order valence-corrected chi connectivity index (χ3v) is 2.64. The Kier molecular flexibility index (Phi) is 5.34. The highest BCUT2D eigenvalue weighted by molar-refractivity contribution is 5.49. The lowest BCUT2D eigenvalue weighted by atomic mass is 10.1. The maximum atomic E-state index is 10.9. The quantitative estimate of drug-likeness (QED) is 0.570. The van der Waals surface area contributed by atoms with Crippen molar-refractivity contribution in [3.63, 3.8) is 0 Å². The highest BCUT2D eigenvalue weighted by atomic mass is 16.6. The van der Waals surface area contributed by atoms with Crippen LogP contribution in [-0.2, 0) is 6.54 Å². The summed E-state index contributed by atoms with van der Waals surface area (Å²) in [5.41, 5.74) is -0.268. The minimum atomic E-state index is -0.676. The van der Waals surface area contributed by atoms with Gasteiger partial charge in [-0.1, -0.05) is 6.92 Å². The van der Waals surface area contributed by atoms with Crippen molar-refractivity contribution in [1.29, 1.82) is 0 Å². The third kappa shape index (κ3) is 4.27. The second kappa shape index (κ2) is 6.76. The minimum absolute atomic E-state index is 0.172. The lowest BCUT2D eigenvalue weighted by molar-refractivity contribution is -0.394. The van der Waals surface area contributed by atoms with Gasteiger partial charge in [-0.3, -0.25) is 20.2 Å². The molecule has 0 saturated carbocycles. The third-order valence-electron chi connectivity index (χ3n) is 2.64.